The predicted molar refractivity (Wildman–Crippen MR) is 73.8 cm³/mol. The van der Waals surface area contributed by atoms with Crippen molar-refractivity contribution in [3.8, 4) is 0 Å². The number of halogens is 2. The fraction of sp³-hybridized carbons (Fsp3) is 0.0769. The van der Waals surface area contributed by atoms with E-state index in [1.807, 2.05) is 36.4 Å². The molecule has 2 aromatic carbocycles. The highest BCUT2D eigenvalue weighted by Gasteiger charge is 2.24. The largest absolute Gasteiger partial charge is 0.252 e. The Morgan fingerprint density at radius 2 is 1.76 bits per heavy atom. The van der Waals surface area contributed by atoms with Gasteiger partial charge in [0.15, 0.2) is 0 Å². The van der Waals surface area contributed by atoms with Crippen molar-refractivity contribution in [3.63, 3.8) is 0 Å². The molecule has 0 aromatic heterocycles. The molecule has 0 bridgehead atoms. The van der Waals surface area contributed by atoms with E-state index in [2.05, 4.69) is 0 Å². The van der Waals surface area contributed by atoms with E-state index >= 15 is 0 Å². The van der Waals surface area contributed by atoms with Crippen LogP contribution in [-0.2, 0) is 10.8 Å². The van der Waals surface area contributed by atoms with Crippen LogP contribution >= 0.6 is 23.2 Å². The Morgan fingerprint density at radius 1 is 1.12 bits per heavy atom. The van der Waals surface area contributed by atoms with Crippen LogP contribution in [0, 0.1) is 0 Å². The molecule has 3 rings (SSSR count). The molecule has 0 N–H and O–H groups in total. The van der Waals surface area contributed by atoms with Crippen LogP contribution in [0.15, 0.2) is 47.4 Å². The topological polar surface area (TPSA) is 17.1 Å². The fourth-order valence-electron chi connectivity index (χ4n) is 1.96. The first-order valence-corrected chi connectivity index (χ1v) is 7.15. The number of fused-ring (bicyclic) bond motifs is 2. The monoisotopic (exact) mass is 282 g/mol. The van der Waals surface area contributed by atoms with Crippen LogP contribution in [0.2, 0.25) is 0 Å². The van der Waals surface area contributed by atoms with Crippen molar-refractivity contribution in [1.82, 2.24) is 0 Å². The molecule has 2 atom stereocenters. The second-order valence-electron chi connectivity index (χ2n) is 3.86. The van der Waals surface area contributed by atoms with Crippen molar-refractivity contribution in [2.75, 3.05) is 0 Å². The van der Waals surface area contributed by atoms with Crippen molar-refractivity contribution in [2.24, 2.45) is 0 Å². The van der Waals surface area contributed by atoms with Crippen LogP contribution in [-0.4, -0.2) is 8.92 Å². The minimum Gasteiger partial charge on any atom is -0.252 e. The van der Waals surface area contributed by atoms with E-state index in [-0.39, 0.29) is 0 Å². The maximum absolute atomic E-state index is 12.1. The molecule has 0 fully saturated rings. The van der Waals surface area contributed by atoms with Gasteiger partial charge in [-0.25, -0.2) is 0 Å². The molecule has 0 aliphatic carbocycles. The second kappa shape index (κ2) is 4.13. The average Bonchev–Trinajstić information content (AvgIpc) is 2.34. The molecule has 86 valence electrons. The van der Waals surface area contributed by atoms with E-state index in [0.717, 1.165) is 21.2 Å². The second-order valence-corrected chi connectivity index (χ2v) is 6.54. The zero-order chi connectivity index (χ0) is 12.0. The summed E-state index contributed by atoms with van der Waals surface area (Å²) < 4.78 is 11.5. The molecular formula is C13H8Cl2OS. The van der Waals surface area contributed by atoms with Crippen LogP contribution < -0.4 is 0 Å². The number of rotatable bonds is 0. The zero-order valence-corrected chi connectivity index (χ0v) is 11.0. The molecule has 2 aromatic rings. The number of benzene rings is 2. The number of hydrogen-bond acceptors (Lipinski definition) is 1. The Balaban J connectivity index is 2.36. The van der Waals surface area contributed by atoms with Crippen molar-refractivity contribution in [1.29, 1.82) is 0 Å². The van der Waals surface area contributed by atoms with Gasteiger partial charge >= 0.3 is 0 Å². The van der Waals surface area contributed by atoms with Gasteiger partial charge in [0.1, 0.15) is 4.71 Å². The molecule has 1 heterocycles. The van der Waals surface area contributed by atoms with E-state index in [1.54, 1.807) is 6.08 Å². The average molecular weight is 283 g/mol. The summed E-state index contributed by atoms with van der Waals surface area (Å²) in [5, 5.41) is 2.71. The first kappa shape index (κ1) is 11.3. The van der Waals surface area contributed by atoms with Gasteiger partial charge in [-0.2, -0.15) is 0 Å². The van der Waals surface area contributed by atoms with Crippen molar-refractivity contribution >= 4 is 49.8 Å². The van der Waals surface area contributed by atoms with Crippen molar-refractivity contribution in [2.45, 2.75) is 9.60 Å². The summed E-state index contributed by atoms with van der Waals surface area (Å²) in [7, 11) is -1.23. The molecule has 1 aliphatic rings. The van der Waals surface area contributed by atoms with Crippen LogP contribution in [0.1, 0.15) is 5.56 Å². The number of hydrogen-bond donors (Lipinski definition) is 0. The zero-order valence-electron chi connectivity index (χ0n) is 8.69. The maximum Gasteiger partial charge on any atom is 0.133 e. The van der Waals surface area contributed by atoms with Crippen LogP contribution in [0.3, 0.4) is 0 Å². The Labute approximate surface area is 111 Å². The lowest BCUT2D eigenvalue weighted by Gasteiger charge is -2.17. The lowest BCUT2D eigenvalue weighted by atomic mass is 10.1. The third-order valence-corrected chi connectivity index (χ3v) is 5.06. The Bertz CT molecular complexity index is 664. The first-order valence-electron chi connectivity index (χ1n) is 5.12. The molecule has 0 saturated carbocycles. The molecular weight excluding hydrogens is 275 g/mol. The van der Waals surface area contributed by atoms with E-state index in [0.29, 0.717) is 5.03 Å². The Kier molecular flexibility index (Phi) is 2.74. The molecule has 2 unspecified atom stereocenters. The lowest BCUT2D eigenvalue weighted by Crippen LogP contribution is -2.11. The van der Waals surface area contributed by atoms with E-state index < -0.39 is 15.5 Å². The SMILES string of the molecule is O=S1c2cc3ccccc3cc2C(Cl)=CC1Cl. The molecule has 0 saturated heterocycles. The van der Waals surface area contributed by atoms with Gasteiger partial charge in [0.25, 0.3) is 0 Å². The van der Waals surface area contributed by atoms with Crippen LogP contribution in [0.5, 0.6) is 0 Å². The fourth-order valence-corrected chi connectivity index (χ4v) is 3.98. The summed E-state index contributed by atoms with van der Waals surface area (Å²) in [4.78, 5) is 0.719. The minimum absolute atomic E-state index is 0.545. The number of alkyl halides is 1. The van der Waals surface area contributed by atoms with Crippen molar-refractivity contribution in [3.05, 3.63) is 48.0 Å². The van der Waals surface area contributed by atoms with E-state index in [1.165, 1.54) is 0 Å². The summed E-state index contributed by atoms with van der Waals surface area (Å²) in [5.41, 5.74) is 0.820. The lowest BCUT2D eigenvalue weighted by molar-refractivity contribution is 0.683. The summed E-state index contributed by atoms with van der Waals surface area (Å²) in [6, 6.07) is 11.8. The van der Waals surface area contributed by atoms with Gasteiger partial charge in [0.05, 0.1) is 10.8 Å². The molecule has 0 radical (unpaired) electrons. The minimum atomic E-state index is -1.23. The van der Waals surface area contributed by atoms with Gasteiger partial charge in [-0.1, -0.05) is 35.9 Å². The summed E-state index contributed by atoms with van der Waals surface area (Å²) in [6.45, 7) is 0. The van der Waals surface area contributed by atoms with E-state index in [9.17, 15) is 4.21 Å². The molecule has 1 nitrogen and oxygen atoms in total. The molecule has 4 heteroatoms. The van der Waals surface area contributed by atoms with Crippen LogP contribution in [0.4, 0.5) is 0 Å². The van der Waals surface area contributed by atoms with Gasteiger partial charge in [0, 0.05) is 15.5 Å². The standard InChI is InChI=1S/C13H8Cl2OS/c14-11-7-13(15)17(16)12-6-9-4-2-1-3-8(9)5-10(11)12/h1-7,13H. The molecule has 0 spiro atoms. The van der Waals surface area contributed by atoms with Gasteiger partial charge < -0.3 is 0 Å². The first-order chi connectivity index (χ1) is 8.16. The van der Waals surface area contributed by atoms with E-state index in [4.69, 9.17) is 23.2 Å². The Hall–Kier alpha value is -0.830. The quantitative estimate of drug-likeness (QED) is 0.665. The molecule has 0 amide bonds. The van der Waals surface area contributed by atoms with Gasteiger partial charge in [0.2, 0.25) is 0 Å². The van der Waals surface area contributed by atoms with Gasteiger partial charge in [-0.15, -0.1) is 11.6 Å². The summed E-state index contributed by atoms with van der Waals surface area (Å²) in [6.07, 6.45) is 1.64. The molecule has 1 aliphatic heterocycles. The molecule has 17 heavy (non-hydrogen) atoms. The van der Waals surface area contributed by atoms with Crippen molar-refractivity contribution < 1.29 is 4.21 Å². The maximum atomic E-state index is 12.1. The smallest absolute Gasteiger partial charge is 0.133 e. The highest BCUT2D eigenvalue weighted by Crippen LogP contribution is 2.36. The van der Waals surface area contributed by atoms with Crippen LogP contribution in [0.25, 0.3) is 15.8 Å². The highest BCUT2D eigenvalue weighted by molar-refractivity contribution is 7.87. The summed E-state index contributed by atoms with van der Waals surface area (Å²) >= 11 is 12.1. The highest BCUT2D eigenvalue weighted by atomic mass is 35.5. The Morgan fingerprint density at radius 3 is 2.47 bits per heavy atom. The summed E-state index contributed by atoms with van der Waals surface area (Å²) in [5.74, 6) is 0. The van der Waals surface area contributed by atoms with Gasteiger partial charge in [-0.05, 0) is 29.0 Å². The third kappa shape index (κ3) is 1.81. The predicted octanol–water partition coefficient (Wildman–Crippen LogP) is 4.11. The van der Waals surface area contributed by atoms with Gasteiger partial charge in [-0.3, -0.25) is 4.21 Å². The normalized spacial score (nSPS) is 23.3. The third-order valence-electron chi connectivity index (χ3n) is 2.80.